The van der Waals surface area contributed by atoms with Crippen LogP contribution in [0.3, 0.4) is 0 Å². The predicted octanol–water partition coefficient (Wildman–Crippen LogP) is -5.00. The van der Waals surface area contributed by atoms with E-state index in [0.717, 1.165) is 32.1 Å². The van der Waals surface area contributed by atoms with Crippen molar-refractivity contribution in [3.8, 4) is 0 Å². The van der Waals surface area contributed by atoms with Crippen molar-refractivity contribution in [2.75, 3.05) is 33.0 Å². The van der Waals surface area contributed by atoms with Crippen LogP contribution in [0.2, 0.25) is 0 Å². The Morgan fingerprint density at radius 1 is 0.465 bits per heavy atom. The third-order valence-electron chi connectivity index (χ3n) is 21.9. The number of hydrogen-bond acceptors (Lipinski definition) is 28. The average molecular weight is 1240 g/mol. The van der Waals surface area contributed by atoms with Crippen molar-refractivity contribution in [1.29, 1.82) is 0 Å². The molecule has 34 unspecified atom stereocenters. The van der Waals surface area contributed by atoms with Crippen molar-refractivity contribution in [2.24, 2.45) is 39.9 Å². The van der Waals surface area contributed by atoms with Gasteiger partial charge in [-0.2, -0.15) is 0 Å². The Kier molecular flexibility index (Phi) is 20.6. The van der Waals surface area contributed by atoms with E-state index in [1.165, 1.54) is 19.4 Å². The average Bonchev–Trinajstić information content (AvgIpc) is 1.33. The van der Waals surface area contributed by atoms with Crippen LogP contribution in [0.4, 0.5) is 0 Å². The number of hydrogen-bond donors (Lipinski definition) is 17. The van der Waals surface area contributed by atoms with E-state index in [9.17, 15) is 86.8 Å². The summed E-state index contributed by atoms with van der Waals surface area (Å²) < 4.78 is 67.2. The molecule has 3 saturated carbocycles. The zero-order valence-corrected chi connectivity index (χ0v) is 49.5. The summed E-state index contributed by atoms with van der Waals surface area (Å²) in [4.78, 5) is 0. The molecule has 0 aromatic carbocycles. The van der Waals surface area contributed by atoms with E-state index in [2.05, 4.69) is 33.8 Å². The van der Waals surface area contributed by atoms with Crippen LogP contribution in [0.5, 0.6) is 0 Å². The molecule has 28 nitrogen and oxygen atoms in total. The minimum Gasteiger partial charge on any atom is -0.394 e. The van der Waals surface area contributed by atoms with Crippen LogP contribution < -0.4 is 0 Å². The maximum Gasteiger partial charge on any atom is 0.187 e. The molecule has 0 amide bonds. The van der Waals surface area contributed by atoms with Crippen LogP contribution in [-0.4, -0.2) is 297 Å². The van der Waals surface area contributed by atoms with E-state index in [1.807, 2.05) is 0 Å². The first-order valence-electron chi connectivity index (χ1n) is 30.7. The second-order valence-electron chi connectivity index (χ2n) is 27.6. The zero-order chi connectivity index (χ0) is 62.4. The normalized spacial score (nSPS) is 53.6. The van der Waals surface area contributed by atoms with Gasteiger partial charge in [0, 0.05) is 5.41 Å². The third-order valence-corrected chi connectivity index (χ3v) is 21.9. The van der Waals surface area contributed by atoms with Gasteiger partial charge in [0.05, 0.1) is 56.9 Å². The Bertz CT molecular complexity index is 2270. The highest BCUT2D eigenvalue weighted by Crippen LogP contribution is 2.70. The Morgan fingerprint density at radius 2 is 1.01 bits per heavy atom. The predicted molar refractivity (Wildman–Crippen MR) is 288 cm³/mol. The second kappa shape index (κ2) is 26.2. The van der Waals surface area contributed by atoms with Gasteiger partial charge in [-0.1, -0.05) is 39.3 Å². The molecular weight excluding hydrogens is 1140 g/mol. The molecule has 4 aliphatic carbocycles. The molecule has 6 saturated heterocycles. The van der Waals surface area contributed by atoms with Gasteiger partial charge < -0.3 is 139 Å². The fourth-order valence-electron chi connectivity index (χ4n) is 16.7. The Hall–Kier alpha value is -1.38. The molecule has 0 spiro atoms. The Balaban J connectivity index is 0.854. The molecule has 34 atom stereocenters. The molecule has 0 aromatic heterocycles. The van der Waals surface area contributed by atoms with Gasteiger partial charge in [-0.05, 0) is 106 Å². The van der Waals surface area contributed by atoms with Crippen molar-refractivity contribution in [2.45, 2.75) is 277 Å². The van der Waals surface area contributed by atoms with Gasteiger partial charge in [-0.15, -0.1) is 0 Å². The number of aliphatic hydroxyl groups is 17. The minimum atomic E-state index is -1.87. The fraction of sp³-hybridized carbons (Fsp3) is 0.966. The van der Waals surface area contributed by atoms with Gasteiger partial charge in [0.15, 0.2) is 31.5 Å². The summed E-state index contributed by atoms with van der Waals surface area (Å²) in [6.07, 6.45) is -34.6. The largest absolute Gasteiger partial charge is 0.394 e. The molecule has 2 bridgehead atoms. The number of rotatable bonds is 13. The van der Waals surface area contributed by atoms with E-state index in [0.29, 0.717) is 12.8 Å². The molecule has 496 valence electrons. The molecule has 6 aliphatic heterocycles. The minimum absolute atomic E-state index is 0.109. The number of ether oxygens (including phenoxy) is 11. The van der Waals surface area contributed by atoms with Crippen molar-refractivity contribution in [3.63, 3.8) is 0 Å². The highest BCUT2D eigenvalue weighted by Gasteiger charge is 2.65. The number of aliphatic hydroxyl groups excluding tert-OH is 16. The zero-order valence-electron chi connectivity index (χ0n) is 49.5. The maximum absolute atomic E-state index is 12.1. The Labute approximate surface area is 499 Å². The number of allylic oxidation sites excluding steroid dienone is 1. The Morgan fingerprint density at radius 3 is 1.65 bits per heavy atom. The molecular formula is C58H96O28. The van der Waals surface area contributed by atoms with Crippen molar-refractivity contribution in [1.82, 2.24) is 0 Å². The second-order valence-corrected chi connectivity index (χ2v) is 27.6. The summed E-state index contributed by atoms with van der Waals surface area (Å²) in [5.41, 5.74) is -1.52. The van der Waals surface area contributed by atoms with E-state index < -0.39 is 216 Å². The fourth-order valence-corrected chi connectivity index (χ4v) is 16.7. The standard InChI is InChI=1S/C58H96O28/c1-55(2)22-7-8-24-25-9-10-26(58(25,6)16-15-57(24,5)23(22)11-13-33(55)83-51-45(73)42(70)47(31(20-62)81-51)85-52-44(72)40(68)36(64)29(18-60)79-52)27-12-14-34(56(3,4)75)84-54-49(86-53-46(74)48(77-27)38(66)30(19-61)80-53)41(69)37(65)32(82-54)21-76-50-43(71)39(67)35(63)28(17-59)78-50/h7,23-54,59-75H,8-21H2,1-6H3. The van der Waals surface area contributed by atoms with Crippen molar-refractivity contribution >= 4 is 0 Å². The molecule has 0 aromatic rings. The van der Waals surface area contributed by atoms with Crippen LogP contribution >= 0.6 is 0 Å². The highest BCUT2D eigenvalue weighted by atomic mass is 16.8. The topological polar surface area (TPSA) is 445 Å². The summed E-state index contributed by atoms with van der Waals surface area (Å²) in [5.74, 6) is 0.373. The summed E-state index contributed by atoms with van der Waals surface area (Å²) >= 11 is 0. The van der Waals surface area contributed by atoms with Gasteiger partial charge >= 0.3 is 0 Å². The summed E-state index contributed by atoms with van der Waals surface area (Å²) in [6.45, 7) is 8.43. The first kappa shape index (κ1) is 67.5. The molecule has 28 heteroatoms. The van der Waals surface area contributed by atoms with E-state index in [1.54, 1.807) is 0 Å². The summed E-state index contributed by atoms with van der Waals surface area (Å²) in [7, 11) is 0. The molecule has 86 heavy (non-hydrogen) atoms. The monoisotopic (exact) mass is 1240 g/mol. The molecule has 10 aliphatic rings. The highest BCUT2D eigenvalue weighted by molar-refractivity contribution is 5.29. The van der Waals surface area contributed by atoms with Crippen LogP contribution in [0, 0.1) is 39.9 Å². The van der Waals surface area contributed by atoms with E-state index >= 15 is 0 Å². The van der Waals surface area contributed by atoms with Gasteiger partial charge in [0.1, 0.15) is 122 Å². The van der Waals surface area contributed by atoms with Crippen molar-refractivity contribution < 1.29 is 139 Å². The summed E-state index contributed by atoms with van der Waals surface area (Å²) in [5, 5.41) is 185. The third kappa shape index (κ3) is 12.2. The summed E-state index contributed by atoms with van der Waals surface area (Å²) in [6, 6.07) is 0. The van der Waals surface area contributed by atoms with Crippen LogP contribution in [0.15, 0.2) is 11.6 Å². The SMILES string of the molecule is CC(C)(O)C1CCC(C2CCC3C4CC=C5C(CCC(OC6OC(CO)C(OC7OC(CO)C(O)C(O)C7O)C(O)C6O)C5(C)C)C4(C)CCC23C)OC2C(O)C(CO)OC(OC3C(OC(COC4OC(CO)C(O)C(O)C4O)C(O)C3O)O1)C2O. The molecule has 10 rings (SSSR count). The van der Waals surface area contributed by atoms with Gasteiger partial charge in [-0.3, -0.25) is 0 Å². The maximum atomic E-state index is 12.1. The lowest BCUT2D eigenvalue weighted by atomic mass is 9.43. The lowest BCUT2D eigenvalue weighted by molar-refractivity contribution is -0.386. The molecule has 0 radical (unpaired) electrons. The lowest BCUT2D eigenvalue weighted by Gasteiger charge is -2.62. The smallest absolute Gasteiger partial charge is 0.187 e. The van der Waals surface area contributed by atoms with E-state index in [4.69, 9.17) is 52.1 Å². The number of fused-ring (bicyclic) bond motifs is 8. The van der Waals surface area contributed by atoms with Crippen LogP contribution in [0.25, 0.3) is 0 Å². The molecule has 17 N–H and O–H groups in total. The van der Waals surface area contributed by atoms with Crippen LogP contribution in [0.1, 0.15) is 99.3 Å². The van der Waals surface area contributed by atoms with Gasteiger partial charge in [-0.25, -0.2) is 0 Å². The van der Waals surface area contributed by atoms with Crippen LogP contribution in [-0.2, 0) is 52.1 Å². The first-order chi connectivity index (χ1) is 40.5. The first-order valence-corrected chi connectivity index (χ1v) is 30.7. The van der Waals surface area contributed by atoms with Gasteiger partial charge in [0.2, 0.25) is 0 Å². The van der Waals surface area contributed by atoms with E-state index in [-0.39, 0.29) is 47.3 Å². The molecule has 6 heterocycles. The molecule has 9 fully saturated rings. The quantitative estimate of drug-likeness (QED) is 0.0768. The lowest BCUT2D eigenvalue weighted by Crippen LogP contribution is -2.66. The van der Waals surface area contributed by atoms with Crippen molar-refractivity contribution in [3.05, 3.63) is 11.6 Å². The van der Waals surface area contributed by atoms with Gasteiger partial charge in [0.25, 0.3) is 0 Å².